The van der Waals surface area contributed by atoms with Gasteiger partial charge in [0, 0.05) is 45.9 Å². The molecule has 8 heteroatoms. The summed E-state index contributed by atoms with van der Waals surface area (Å²) in [6.07, 6.45) is 3.25. The molecule has 0 saturated heterocycles. The molecule has 0 aromatic heterocycles. The highest BCUT2D eigenvalue weighted by molar-refractivity contribution is 6.31. The zero-order valence-electron chi connectivity index (χ0n) is 29.3. The molecule has 0 amide bonds. The molecule has 0 fully saturated rings. The van der Waals surface area contributed by atoms with Gasteiger partial charge in [0.1, 0.15) is 0 Å². The Hall–Kier alpha value is -5.56. The van der Waals surface area contributed by atoms with Gasteiger partial charge in [-0.1, -0.05) is 96.0 Å². The number of halogens is 2. The third-order valence-corrected chi connectivity index (χ3v) is 10.3. The Kier molecular flexibility index (Phi) is 10.8. The van der Waals surface area contributed by atoms with Crippen LogP contribution in [0.2, 0.25) is 10.0 Å². The number of ether oxygens (including phenoxy) is 1. The van der Waals surface area contributed by atoms with Crippen LogP contribution in [0.3, 0.4) is 0 Å². The summed E-state index contributed by atoms with van der Waals surface area (Å²) in [6, 6.07) is 44.2. The summed E-state index contributed by atoms with van der Waals surface area (Å²) < 4.78 is 4.90. The van der Waals surface area contributed by atoms with Crippen molar-refractivity contribution in [2.45, 2.75) is 25.7 Å². The number of benzene rings is 6. The molecule has 6 nitrogen and oxygen atoms in total. The van der Waals surface area contributed by atoms with Crippen LogP contribution in [-0.4, -0.2) is 37.2 Å². The lowest BCUT2D eigenvalue weighted by Gasteiger charge is -2.19. The fourth-order valence-electron chi connectivity index (χ4n) is 7.23. The number of hydrogen-bond acceptors (Lipinski definition) is 5. The molecule has 6 aromatic rings. The Labute approximate surface area is 319 Å². The monoisotopic (exact) mass is 740 g/mol. The maximum Gasteiger partial charge on any atom is 0.338 e. The second-order valence-corrected chi connectivity index (χ2v) is 14.0. The molecule has 2 aliphatic heterocycles. The molecular weight excluding hydrogens is 703 g/mol. The van der Waals surface area contributed by atoms with Crippen LogP contribution in [0.1, 0.15) is 54.1 Å². The molecule has 2 heterocycles. The number of carboxylic acids is 1. The Morgan fingerprint density at radius 2 is 1.06 bits per heavy atom. The summed E-state index contributed by atoms with van der Waals surface area (Å²) in [4.78, 5) is 28.2. The number of esters is 1. The lowest BCUT2D eigenvalue weighted by molar-refractivity contribution is 0.0598. The molecule has 6 aromatic carbocycles. The Balaban J connectivity index is 0.000000164. The molecule has 0 unspecified atom stereocenters. The number of nitrogens with zero attached hydrogens (tertiary/aromatic N) is 2. The van der Waals surface area contributed by atoms with E-state index in [0.29, 0.717) is 28.5 Å². The van der Waals surface area contributed by atoms with E-state index in [1.807, 2.05) is 24.3 Å². The van der Waals surface area contributed by atoms with Crippen LogP contribution in [0.5, 0.6) is 0 Å². The zero-order valence-corrected chi connectivity index (χ0v) is 30.8. The van der Waals surface area contributed by atoms with Crippen LogP contribution in [0.15, 0.2) is 133 Å². The van der Waals surface area contributed by atoms with Crippen molar-refractivity contribution < 1.29 is 19.4 Å². The Morgan fingerprint density at radius 1 is 0.604 bits per heavy atom. The molecule has 0 saturated carbocycles. The number of anilines is 4. The quantitative estimate of drug-likeness (QED) is 0.157. The summed E-state index contributed by atoms with van der Waals surface area (Å²) in [7, 11) is 1.39. The van der Waals surface area contributed by atoms with E-state index in [2.05, 4.69) is 94.7 Å². The summed E-state index contributed by atoms with van der Waals surface area (Å²) >= 11 is 12.0. The number of carbonyl (C=O) groups is 2. The zero-order chi connectivity index (χ0) is 36.9. The van der Waals surface area contributed by atoms with Crippen molar-refractivity contribution in [2.24, 2.45) is 0 Å². The van der Waals surface area contributed by atoms with Gasteiger partial charge in [0.2, 0.25) is 0 Å². The van der Waals surface area contributed by atoms with Crippen molar-refractivity contribution in [3.63, 3.8) is 0 Å². The van der Waals surface area contributed by atoms with E-state index in [9.17, 15) is 14.7 Å². The van der Waals surface area contributed by atoms with Crippen LogP contribution >= 0.6 is 23.2 Å². The number of fused-ring (bicyclic) bond motifs is 2. The molecule has 0 atom stereocenters. The number of rotatable bonds is 8. The largest absolute Gasteiger partial charge is 0.478 e. The van der Waals surface area contributed by atoms with E-state index in [4.69, 9.17) is 27.9 Å². The van der Waals surface area contributed by atoms with E-state index >= 15 is 0 Å². The number of aromatic carboxylic acids is 1. The second-order valence-electron chi connectivity index (χ2n) is 13.2. The van der Waals surface area contributed by atoms with Gasteiger partial charge in [0.05, 0.1) is 18.2 Å². The maximum absolute atomic E-state index is 12.1. The van der Waals surface area contributed by atoms with E-state index < -0.39 is 5.97 Å². The minimum absolute atomic E-state index is 0.268. The highest BCUT2D eigenvalue weighted by Crippen LogP contribution is 2.37. The van der Waals surface area contributed by atoms with Gasteiger partial charge >= 0.3 is 11.9 Å². The van der Waals surface area contributed by atoms with Gasteiger partial charge in [0.25, 0.3) is 0 Å². The van der Waals surface area contributed by atoms with E-state index in [0.717, 1.165) is 42.6 Å². The molecule has 53 heavy (non-hydrogen) atoms. The van der Waals surface area contributed by atoms with E-state index in [1.54, 1.807) is 18.2 Å². The number of carbonyl (C=O) groups excluding carboxylic acids is 1. The highest BCUT2D eigenvalue weighted by Gasteiger charge is 2.23. The first-order valence-corrected chi connectivity index (χ1v) is 18.3. The van der Waals surface area contributed by atoms with Gasteiger partial charge < -0.3 is 19.6 Å². The van der Waals surface area contributed by atoms with Crippen LogP contribution in [0.4, 0.5) is 22.7 Å². The van der Waals surface area contributed by atoms with Crippen molar-refractivity contribution in [1.29, 1.82) is 0 Å². The smallest absolute Gasteiger partial charge is 0.338 e. The minimum Gasteiger partial charge on any atom is -0.478 e. The van der Waals surface area contributed by atoms with Gasteiger partial charge in [-0.2, -0.15) is 0 Å². The molecule has 0 spiro atoms. The standard InChI is InChI=1S/C23H20ClNO2.C22H18ClNO2/c1-27-23(26)21-15-19(24)9-8-17(21)13-16-7-10-22-18(14-16)11-12-25(22)20-5-3-2-4-6-20;23-18-8-7-16(20(14-18)22(25)26)12-15-6-9-21-17(13-15)10-11-24(21)19-4-2-1-3-5-19/h2-10,14-15H,11-13H2,1H3;1-9,13-14H,10-12H2,(H,25,26). The van der Waals surface area contributed by atoms with Crippen molar-refractivity contribution in [2.75, 3.05) is 30.0 Å². The third-order valence-electron chi connectivity index (χ3n) is 9.78. The number of para-hydroxylation sites is 2. The van der Waals surface area contributed by atoms with E-state index in [1.165, 1.54) is 52.6 Å². The highest BCUT2D eigenvalue weighted by atomic mass is 35.5. The van der Waals surface area contributed by atoms with Crippen molar-refractivity contribution in [3.05, 3.63) is 188 Å². The van der Waals surface area contributed by atoms with Crippen LogP contribution in [0, 0.1) is 0 Å². The van der Waals surface area contributed by atoms with Crippen molar-refractivity contribution >= 4 is 57.9 Å². The first-order chi connectivity index (χ1) is 25.8. The molecule has 8 rings (SSSR count). The summed E-state index contributed by atoms with van der Waals surface area (Å²) in [5.41, 5.74) is 12.3. The maximum atomic E-state index is 12.1. The SMILES string of the molecule is COC(=O)c1cc(Cl)ccc1Cc1ccc2c(c1)CCN2c1ccccc1.O=C(O)c1cc(Cl)ccc1Cc1ccc2c(c1)CCN2c1ccccc1. The lowest BCUT2D eigenvalue weighted by Crippen LogP contribution is -2.12. The fraction of sp³-hybridized carbons (Fsp3) is 0.156. The predicted octanol–water partition coefficient (Wildman–Crippen LogP) is 10.7. The number of methoxy groups -OCH3 is 1. The summed E-state index contributed by atoms with van der Waals surface area (Å²) in [5, 5.41) is 10.4. The van der Waals surface area contributed by atoms with Gasteiger partial charge in [-0.25, -0.2) is 9.59 Å². The van der Waals surface area contributed by atoms with Crippen LogP contribution in [-0.2, 0) is 30.4 Å². The first kappa shape index (κ1) is 35.8. The average Bonchev–Trinajstić information content (AvgIpc) is 3.81. The minimum atomic E-state index is -0.945. The Bertz CT molecular complexity index is 2280. The predicted molar refractivity (Wildman–Crippen MR) is 214 cm³/mol. The van der Waals surface area contributed by atoms with E-state index in [-0.39, 0.29) is 11.5 Å². The summed E-state index contributed by atoms with van der Waals surface area (Å²) in [6.45, 7) is 1.95. The number of hydrogen-bond donors (Lipinski definition) is 1. The molecule has 2 aliphatic rings. The normalized spacial score (nSPS) is 12.8. The summed E-state index contributed by atoms with van der Waals surface area (Å²) in [5.74, 6) is -1.30. The van der Waals surface area contributed by atoms with Gasteiger partial charge in [-0.05, 0) is 120 Å². The molecule has 266 valence electrons. The molecule has 1 N–H and O–H groups in total. The average molecular weight is 742 g/mol. The molecular formula is C45H38Cl2N2O4. The van der Waals surface area contributed by atoms with Crippen molar-refractivity contribution in [3.8, 4) is 0 Å². The molecule has 0 radical (unpaired) electrons. The molecule has 0 aliphatic carbocycles. The van der Waals surface area contributed by atoms with Gasteiger partial charge in [-0.3, -0.25) is 0 Å². The van der Waals surface area contributed by atoms with Crippen molar-refractivity contribution in [1.82, 2.24) is 0 Å². The molecule has 0 bridgehead atoms. The van der Waals surface area contributed by atoms with Crippen LogP contribution < -0.4 is 9.80 Å². The third kappa shape index (κ3) is 8.10. The first-order valence-electron chi connectivity index (χ1n) is 17.5. The fourth-order valence-corrected chi connectivity index (χ4v) is 7.57. The second kappa shape index (κ2) is 16.0. The number of carboxylic acid groups (broad SMARTS) is 1. The van der Waals surface area contributed by atoms with Crippen LogP contribution in [0.25, 0.3) is 0 Å². The Morgan fingerprint density at radius 3 is 1.51 bits per heavy atom. The van der Waals surface area contributed by atoms with Gasteiger partial charge in [0.15, 0.2) is 0 Å². The lowest BCUT2D eigenvalue weighted by atomic mass is 9.98. The van der Waals surface area contributed by atoms with Gasteiger partial charge in [-0.15, -0.1) is 0 Å². The topological polar surface area (TPSA) is 70.1 Å².